The first-order valence-electron chi connectivity index (χ1n) is 4.07. The highest BCUT2D eigenvalue weighted by Gasteiger charge is 2.18. The zero-order valence-corrected chi connectivity index (χ0v) is 8.33. The second-order valence-corrected chi connectivity index (χ2v) is 3.95. The predicted molar refractivity (Wildman–Crippen MR) is 51.5 cm³/mol. The smallest absolute Gasteiger partial charge is 0.140 e. The van der Waals surface area contributed by atoms with Gasteiger partial charge in [0.1, 0.15) is 11.9 Å². The number of thiophene rings is 1. The Morgan fingerprint density at radius 2 is 2.43 bits per heavy atom. The van der Waals surface area contributed by atoms with Crippen molar-refractivity contribution in [2.24, 2.45) is 7.05 Å². The van der Waals surface area contributed by atoms with Crippen LogP contribution in [0.4, 0.5) is 4.39 Å². The van der Waals surface area contributed by atoms with E-state index in [1.165, 1.54) is 17.4 Å². The van der Waals surface area contributed by atoms with Crippen molar-refractivity contribution in [3.05, 3.63) is 40.4 Å². The molecule has 0 radical (unpaired) electrons. The zero-order valence-electron chi connectivity index (χ0n) is 7.51. The van der Waals surface area contributed by atoms with Crippen molar-refractivity contribution >= 4 is 11.3 Å². The molecule has 0 aliphatic rings. The monoisotopic (exact) mass is 212 g/mol. The number of rotatable bonds is 2. The third-order valence-electron chi connectivity index (χ3n) is 1.90. The van der Waals surface area contributed by atoms with Crippen LogP contribution in [0.3, 0.4) is 0 Å². The van der Waals surface area contributed by atoms with Crippen LogP contribution in [0.1, 0.15) is 16.7 Å². The summed E-state index contributed by atoms with van der Waals surface area (Å²) >= 11 is 1.19. The Hall–Kier alpha value is -1.20. The molecular formula is C9H9FN2OS. The molecule has 0 aromatic carbocycles. The zero-order chi connectivity index (χ0) is 10.1. The second kappa shape index (κ2) is 3.51. The highest BCUT2D eigenvalue weighted by molar-refractivity contribution is 7.10. The van der Waals surface area contributed by atoms with Crippen molar-refractivity contribution in [3.8, 4) is 0 Å². The number of aliphatic hydroxyl groups is 1. The molecular weight excluding hydrogens is 203 g/mol. The quantitative estimate of drug-likeness (QED) is 0.822. The van der Waals surface area contributed by atoms with Gasteiger partial charge >= 0.3 is 0 Å². The van der Waals surface area contributed by atoms with Crippen LogP contribution in [0.25, 0.3) is 0 Å². The van der Waals surface area contributed by atoms with Crippen LogP contribution in [0.15, 0.2) is 24.0 Å². The van der Waals surface area contributed by atoms with Gasteiger partial charge in [0.15, 0.2) is 0 Å². The minimum absolute atomic E-state index is 0.309. The minimum Gasteiger partial charge on any atom is -0.381 e. The number of hydrogen-bond acceptors (Lipinski definition) is 3. The maximum absolute atomic E-state index is 13.1. The van der Waals surface area contributed by atoms with Crippen LogP contribution in [0, 0.1) is 5.82 Å². The van der Waals surface area contributed by atoms with E-state index in [0.29, 0.717) is 10.6 Å². The Kier molecular flexibility index (Phi) is 2.35. The van der Waals surface area contributed by atoms with Crippen molar-refractivity contribution in [1.29, 1.82) is 0 Å². The van der Waals surface area contributed by atoms with Gasteiger partial charge in [0.05, 0.1) is 16.9 Å². The summed E-state index contributed by atoms with van der Waals surface area (Å²) in [5.41, 5.74) is 0.467. The summed E-state index contributed by atoms with van der Waals surface area (Å²) in [5, 5.41) is 11.4. The van der Waals surface area contributed by atoms with E-state index < -0.39 is 6.10 Å². The number of halogens is 1. The third kappa shape index (κ3) is 1.56. The standard InChI is InChI=1S/C9H9FN2OS/c1-12-4-7(11-5-12)8(13)9-6(10)2-3-14-9/h2-5,8,13H,1H3. The Morgan fingerprint density at radius 3 is 2.93 bits per heavy atom. The summed E-state index contributed by atoms with van der Waals surface area (Å²) in [6.45, 7) is 0. The maximum atomic E-state index is 13.1. The van der Waals surface area contributed by atoms with Gasteiger partial charge in [-0.25, -0.2) is 9.37 Å². The third-order valence-corrected chi connectivity index (χ3v) is 2.84. The highest BCUT2D eigenvalue weighted by atomic mass is 32.1. The Balaban J connectivity index is 2.33. The lowest BCUT2D eigenvalue weighted by Gasteiger charge is -2.04. The van der Waals surface area contributed by atoms with Crippen molar-refractivity contribution in [2.45, 2.75) is 6.10 Å². The van der Waals surface area contributed by atoms with Crippen molar-refractivity contribution in [2.75, 3.05) is 0 Å². The highest BCUT2D eigenvalue weighted by Crippen LogP contribution is 2.27. The summed E-state index contributed by atoms with van der Waals surface area (Å²) in [5.74, 6) is -0.381. The van der Waals surface area contributed by atoms with Crippen LogP contribution in [-0.4, -0.2) is 14.7 Å². The molecule has 0 aliphatic heterocycles. The molecule has 2 aromatic rings. The molecule has 2 aromatic heterocycles. The lowest BCUT2D eigenvalue weighted by molar-refractivity contribution is 0.215. The maximum Gasteiger partial charge on any atom is 0.140 e. The van der Waals surface area contributed by atoms with Crippen molar-refractivity contribution in [3.63, 3.8) is 0 Å². The Morgan fingerprint density at radius 1 is 1.64 bits per heavy atom. The van der Waals surface area contributed by atoms with Crippen LogP contribution in [-0.2, 0) is 7.05 Å². The molecule has 2 rings (SSSR count). The fraction of sp³-hybridized carbons (Fsp3) is 0.222. The average molecular weight is 212 g/mol. The fourth-order valence-electron chi connectivity index (χ4n) is 1.21. The summed E-state index contributed by atoms with van der Waals surface area (Å²) in [6, 6.07) is 1.34. The minimum atomic E-state index is -0.962. The molecule has 2 heterocycles. The molecule has 0 amide bonds. The first-order chi connectivity index (χ1) is 6.68. The Labute approximate surface area is 84.5 Å². The van der Waals surface area contributed by atoms with Gasteiger partial charge in [0.2, 0.25) is 0 Å². The van der Waals surface area contributed by atoms with Gasteiger partial charge in [-0.05, 0) is 11.4 Å². The van der Waals surface area contributed by atoms with Crippen LogP contribution < -0.4 is 0 Å². The van der Waals surface area contributed by atoms with Gasteiger partial charge in [-0.3, -0.25) is 0 Å². The molecule has 0 fully saturated rings. The van der Waals surface area contributed by atoms with Crippen molar-refractivity contribution in [1.82, 2.24) is 9.55 Å². The van der Waals surface area contributed by atoms with E-state index in [-0.39, 0.29) is 5.82 Å². The molecule has 5 heteroatoms. The number of nitrogens with zero attached hydrogens (tertiary/aromatic N) is 2. The lowest BCUT2D eigenvalue weighted by atomic mass is 10.2. The molecule has 74 valence electrons. The molecule has 1 atom stereocenters. The van der Waals surface area contributed by atoms with E-state index >= 15 is 0 Å². The molecule has 3 nitrogen and oxygen atoms in total. The normalized spacial score (nSPS) is 13.1. The topological polar surface area (TPSA) is 38.0 Å². The van der Waals surface area contributed by atoms with E-state index in [4.69, 9.17) is 0 Å². The number of aryl methyl sites for hydroxylation is 1. The number of aliphatic hydroxyl groups excluding tert-OH is 1. The van der Waals surface area contributed by atoms with Crippen LogP contribution in [0.5, 0.6) is 0 Å². The molecule has 1 N–H and O–H groups in total. The molecule has 0 saturated carbocycles. The second-order valence-electron chi connectivity index (χ2n) is 3.00. The van der Waals surface area contributed by atoms with E-state index in [2.05, 4.69) is 4.98 Å². The molecule has 1 unspecified atom stereocenters. The van der Waals surface area contributed by atoms with Gasteiger partial charge in [-0.2, -0.15) is 0 Å². The van der Waals surface area contributed by atoms with Gasteiger partial charge in [-0.15, -0.1) is 11.3 Å². The Bertz CT molecular complexity index is 437. The van der Waals surface area contributed by atoms with Gasteiger partial charge in [0.25, 0.3) is 0 Å². The largest absolute Gasteiger partial charge is 0.381 e. The molecule has 0 bridgehead atoms. The van der Waals surface area contributed by atoms with Crippen molar-refractivity contribution < 1.29 is 9.50 Å². The van der Waals surface area contributed by atoms with E-state index in [9.17, 15) is 9.50 Å². The van der Waals surface area contributed by atoms with E-state index in [1.54, 1.807) is 29.5 Å². The van der Waals surface area contributed by atoms with Gasteiger partial charge in [0, 0.05) is 13.2 Å². The molecule has 0 spiro atoms. The summed E-state index contributed by atoms with van der Waals surface area (Å²) in [7, 11) is 1.80. The summed E-state index contributed by atoms with van der Waals surface area (Å²) in [4.78, 5) is 4.27. The number of aromatic nitrogens is 2. The summed E-state index contributed by atoms with van der Waals surface area (Å²) < 4.78 is 14.8. The number of imidazole rings is 1. The van der Waals surface area contributed by atoms with Gasteiger partial charge < -0.3 is 9.67 Å². The molecule has 0 aliphatic carbocycles. The lowest BCUT2D eigenvalue weighted by Crippen LogP contribution is -1.99. The fourth-order valence-corrected chi connectivity index (χ4v) is 1.97. The SMILES string of the molecule is Cn1cnc(C(O)c2sccc2F)c1. The number of hydrogen-bond donors (Lipinski definition) is 1. The van der Waals surface area contributed by atoms with Gasteiger partial charge in [-0.1, -0.05) is 0 Å². The average Bonchev–Trinajstić information content (AvgIpc) is 2.73. The predicted octanol–water partition coefficient (Wildman–Crippen LogP) is 1.70. The molecule has 0 saturated heterocycles. The molecule has 14 heavy (non-hydrogen) atoms. The first kappa shape index (κ1) is 9.36. The summed E-state index contributed by atoms with van der Waals surface area (Å²) in [6.07, 6.45) is 2.28. The first-order valence-corrected chi connectivity index (χ1v) is 4.95. The van der Waals surface area contributed by atoms with E-state index in [1.807, 2.05) is 0 Å². The van der Waals surface area contributed by atoms with Crippen LogP contribution in [0.2, 0.25) is 0 Å². The van der Waals surface area contributed by atoms with E-state index in [0.717, 1.165) is 0 Å². The van der Waals surface area contributed by atoms with Crippen LogP contribution >= 0.6 is 11.3 Å².